The highest BCUT2D eigenvalue weighted by Crippen LogP contribution is 2.12. The van der Waals surface area contributed by atoms with Gasteiger partial charge >= 0.3 is 11.9 Å². The zero-order valence-electron chi connectivity index (χ0n) is 10.9. The Labute approximate surface area is 106 Å². The van der Waals surface area contributed by atoms with Gasteiger partial charge in [0.2, 0.25) is 0 Å². The van der Waals surface area contributed by atoms with Crippen LogP contribution in [0.4, 0.5) is 0 Å². The van der Waals surface area contributed by atoms with Crippen molar-refractivity contribution in [1.82, 2.24) is 4.98 Å². The predicted octanol–water partition coefficient (Wildman–Crippen LogP) is 2.00. The molecule has 0 aromatic carbocycles. The van der Waals surface area contributed by atoms with Gasteiger partial charge in [-0.25, -0.2) is 14.6 Å². The van der Waals surface area contributed by atoms with E-state index in [1.807, 2.05) is 6.92 Å². The fourth-order valence-electron chi connectivity index (χ4n) is 1.43. The maximum absolute atomic E-state index is 11.7. The van der Waals surface area contributed by atoms with Crippen LogP contribution in [0.25, 0.3) is 0 Å². The number of carbonyl (C=O) groups excluding carboxylic acids is 2. The smallest absolute Gasteiger partial charge is 0.357 e. The summed E-state index contributed by atoms with van der Waals surface area (Å²) in [6.45, 7) is 5.80. The number of aryl methyl sites for hydroxylation is 1. The first-order valence-electron chi connectivity index (χ1n) is 5.98. The molecule has 0 aliphatic carbocycles. The molecule has 0 unspecified atom stereocenters. The van der Waals surface area contributed by atoms with Gasteiger partial charge in [0.25, 0.3) is 0 Å². The second-order valence-electron chi connectivity index (χ2n) is 3.49. The number of carbonyl (C=O) groups is 2. The second kappa shape index (κ2) is 6.74. The predicted molar refractivity (Wildman–Crippen MR) is 65.5 cm³/mol. The van der Waals surface area contributed by atoms with Crippen molar-refractivity contribution in [2.75, 3.05) is 13.2 Å². The quantitative estimate of drug-likeness (QED) is 0.749. The lowest BCUT2D eigenvalue weighted by atomic mass is 10.1. The SMILES string of the molecule is CCOC(=O)c1ccc(CC)nc1C(=O)OCC. The molecule has 0 N–H and O–H groups in total. The molecule has 1 heterocycles. The molecule has 0 saturated carbocycles. The number of hydrogen-bond donors (Lipinski definition) is 0. The molecule has 0 aliphatic heterocycles. The molecule has 0 spiro atoms. The van der Waals surface area contributed by atoms with Gasteiger partial charge in [-0.15, -0.1) is 0 Å². The largest absolute Gasteiger partial charge is 0.462 e. The van der Waals surface area contributed by atoms with Gasteiger partial charge < -0.3 is 9.47 Å². The third kappa shape index (κ3) is 3.29. The molecule has 0 aliphatic rings. The molecule has 0 fully saturated rings. The molecule has 5 nitrogen and oxygen atoms in total. The van der Waals surface area contributed by atoms with Crippen LogP contribution in [0.5, 0.6) is 0 Å². The molecule has 0 radical (unpaired) electrons. The highest BCUT2D eigenvalue weighted by atomic mass is 16.5. The lowest BCUT2D eigenvalue weighted by Crippen LogP contribution is -2.16. The Bertz CT molecular complexity index is 443. The van der Waals surface area contributed by atoms with Crippen molar-refractivity contribution in [3.63, 3.8) is 0 Å². The van der Waals surface area contributed by atoms with Gasteiger partial charge in [0.1, 0.15) is 0 Å². The van der Waals surface area contributed by atoms with Crippen LogP contribution in [0.15, 0.2) is 12.1 Å². The molecule has 1 aromatic heterocycles. The minimum Gasteiger partial charge on any atom is -0.462 e. The molecule has 1 rings (SSSR count). The van der Waals surface area contributed by atoms with Crippen LogP contribution >= 0.6 is 0 Å². The van der Waals surface area contributed by atoms with E-state index in [9.17, 15) is 9.59 Å². The average molecular weight is 251 g/mol. The van der Waals surface area contributed by atoms with Gasteiger partial charge in [-0.05, 0) is 32.4 Å². The monoisotopic (exact) mass is 251 g/mol. The van der Waals surface area contributed by atoms with E-state index in [1.54, 1.807) is 26.0 Å². The Kier molecular flexibility index (Phi) is 5.30. The number of ether oxygens (including phenoxy) is 2. The summed E-state index contributed by atoms with van der Waals surface area (Å²) in [6.07, 6.45) is 0.676. The van der Waals surface area contributed by atoms with E-state index < -0.39 is 11.9 Å². The van der Waals surface area contributed by atoms with E-state index in [1.165, 1.54) is 0 Å². The minimum atomic E-state index is -0.601. The third-order valence-electron chi connectivity index (χ3n) is 2.28. The van der Waals surface area contributed by atoms with Gasteiger partial charge in [0, 0.05) is 5.69 Å². The third-order valence-corrected chi connectivity index (χ3v) is 2.28. The van der Waals surface area contributed by atoms with Crippen molar-refractivity contribution in [3.8, 4) is 0 Å². The standard InChI is InChI=1S/C13H17NO4/c1-4-9-7-8-10(12(15)17-5-2)11(14-9)13(16)18-6-3/h7-8H,4-6H2,1-3H3. The first-order chi connectivity index (χ1) is 8.63. The molecule has 0 atom stereocenters. The number of aromatic nitrogens is 1. The zero-order valence-corrected chi connectivity index (χ0v) is 10.9. The Morgan fingerprint density at radius 1 is 1.06 bits per heavy atom. The first kappa shape index (κ1) is 14.2. The van der Waals surface area contributed by atoms with Crippen LogP contribution in [0, 0.1) is 0 Å². The van der Waals surface area contributed by atoms with Crippen molar-refractivity contribution >= 4 is 11.9 Å². The summed E-state index contributed by atoms with van der Waals surface area (Å²) in [5.41, 5.74) is 0.897. The fraction of sp³-hybridized carbons (Fsp3) is 0.462. The fourth-order valence-corrected chi connectivity index (χ4v) is 1.43. The summed E-state index contributed by atoms with van der Waals surface area (Å²) in [5, 5.41) is 0. The Balaban J connectivity index is 3.15. The van der Waals surface area contributed by atoms with Gasteiger partial charge in [-0.3, -0.25) is 0 Å². The highest BCUT2D eigenvalue weighted by molar-refractivity contribution is 6.01. The van der Waals surface area contributed by atoms with Crippen LogP contribution in [0.3, 0.4) is 0 Å². The van der Waals surface area contributed by atoms with Gasteiger partial charge in [-0.1, -0.05) is 6.92 Å². The minimum absolute atomic E-state index is 0.0228. The summed E-state index contributed by atoms with van der Waals surface area (Å²) in [6, 6.07) is 3.26. The Morgan fingerprint density at radius 2 is 1.67 bits per heavy atom. The van der Waals surface area contributed by atoms with Crippen LogP contribution in [0.2, 0.25) is 0 Å². The molecule has 0 bridgehead atoms. The number of nitrogens with zero attached hydrogens (tertiary/aromatic N) is 1. The number of pyridine rings is 1. The zero-order chi connectivity index (χ0) is 13.5. The van der Waals surface area contributed by atoms with E-state index in [-0.39, 0.29) is 24.5 Å². The van der Waals surface area contributed by atoms with Crippen LogP contribution in [0.1, 0.15) is 47.3 Å². The van der Waals surface area contributed by atoms with E-state index in [0.717, 1.165) is 5.69 Å². The Hall–Kier alpha value is -1.91. The van der Waals surface area contributed by atoms with E-state index >= 15 is 0 Å². The molecule has 98 valence electrons. The van der Waals surface area contributed by atoms with E-state index in [4.69, 9.17) is 9.47 Å². The van der Waals surface area contributed by atoms with Crippen LogP contribution in [-0.4, -0.2) is 30.1 Å². The molecule has 18 heavy (non-hydrogen) atoms. The lowest BCUT2D eigenvalue weighted by Gasteiger charge is -2.08. The van der Waals surface area contributed by atoms with Gasteiger partial charge in [-0.2, -0.15) is 0 Å². The molecule has 0 saturated heterocycles. The summed E-state index contributed by atoms with van der Waals surface area (Å²) < 4.78 is 9.77. The average Bonchev–Trinajstić information content (AvgIpc) is 2.38. The number of rotatable bonds is 5. The van der Waals surface area contributed by atoms with Crippen molar-refractivity contribution < 1.29 is 19.1 Å². The topological polar surface area (TPSA) is 65.5 Å². The molecular weight excluding hydrogens is 234 g/mol. The number of hydrogen-bond acceptors (Lipinski definition) is 5. The van der Waals surface area contributed by atoms with Crippen LogP contribution < -0.4 is 0 Å². The van der Waals surface area contributed by atoms with Crippen molar-refractivity contribution in [2.24, 2.45) is 0 Å². The lowest BCUT2D eigenvalue weighted by molar-refractivity contribution is 0.0473. The normalized spacial score (nSPS) is 9.94. The second-order valence-corrected chi connectivity index (χ2v) is 3.49. The summed E-state index contributed by atoms with van der Waals surface area (Å²) in [5.74, 6) is -1.16. The maximum Gasteiger partial charge on any atom is 0.357 e. The summed E-state index contributed by atoms with van der Waals surface area (Å²) >= 11 is 0. The molecule has 1 aromatic rings. The van der Waals surface area contributed by atoms with E-state index in [0.29, 0.717) is 6.42 Å². The molecule has 0 amide bonds. The van der Waals surface area contributed by atoms with Crippen molar-refractivity contribution in [3.05, 3.63) is 29.1 Å². The Morgan fingerprint density at radius 3 is 2.22 bits per heavy atom. The van der Waals surface area contributed by atoms with Crippen LogP contribution in [-0.2, 0) is 15.9 Å². The highest BCUT2D eigenvalue weighted by Gasteiger charge is 2.21. The molecular formula is C13H17NO4. The van der Waals surface area contributed by atoms with Gasteiger partial charge in [0.05, 0.1) is 18.8 Å². The van der Waals surface area contributed by atoms with Gasteiger partial charge in [0.15, 0.2) is 5.69 Å². The van der Waals surface area contributed by atoms with Crippen molar-refractivity contribution in [2.45, 2.75) is 27.2 Å². The maximum atomic E-state index is 11.7. The molecule has 5 heteroatoms. The van der Waals surface area contributed by atoms with E-state index in [2.05, 4.69) is 4.98 Å². The summed E-state index contributed by atoms with van der Waals surface area (Å²) in [7, 11) is 0. The number of esters is 2. The summed E-state index contributed by atoms with van der Waals surface area (Å²) in [4.78, 5) is 27.6. The van der Waals surface area contributed by atoms with Crippen molar-refractivity contribution in [1.29, 1.82) is 0 Å². The first-order valence-corrected chi connectivity index (χ1v) is 5.98.